The van der Waals surface area contributed by atoms with Crippen LogP contribution in [0.3, 0.4) is 0 Å². The fraction of sp³-hybridized carbons (Fsp3) is 0.348. The van der Waals surface area contributed by atoms with Gasteiger partial charge < -0.3 is 14.4 Å². The number of ether oxygens (including phenoxy) is 1. The minimum atomic E-state index is -0.514. The lowest BCUT2D eigenvalue weighted by atomic mass is 10.1. The Hall–Kier alpha value is -2.63. The molecular formula is C23H27N3O2. The predicted octanol–water partition coefficient (Wildman–Crippen LogP) is 3.11. The largest absolute Gasteiger partial charge is 0.497 e. The summed E-state index contributed by atoms with van der Waals surface area (Å²) in [6, 6.07) is 18.1. The second-order valence-corrected chi connectivity index (χ2v) is 7.42. The first-order valence-electron chi connectivity index (χ1n) is 9.75. The van der Waals surface area contributed by atoms with Crippen molar-refractivity contribution in [1.82, 2.24) is 14.5 Å². The third-order valence-electron chi connectivity index (χ3n) is 5.56. The first kappa shape index (κ1) is 18.7. The quantitative estimate of drug-likeness (QED) is 0.717. The van der Waals surface area contributed by atoms with E-state index in [1.165, 1.54) is 11.3 Å². The van der Waals surface area contributed by atoms with Gasteiger partial charge in [0.15, 0.2) is 0 Å². The number of aromatic nitrogens is 2. The molecule has 0 saturated carbocycles. The minimum Gasteiger partial charge on any atom is -0.497 e. The van der Waals surface area contributed by atoms with Crippen LogP contribution >= 0.6 is 0 Å². The van der Waals surface area contributed by atoms with Crippen molar-refractivity contribution >= 4 is 0 Å². The fourth-order valence-electron chi connectivity index (χ4n) is 3.91. The molecule has 0 fully saturated rings. The molecular weight excluding hydrogens is 350 g/mol. The number of methoxy groups -OCH3 is 1. The molecule has 5 nitrogen and oxygen atoms in total. The van der Waals surface area contributed by atoms with Crippen LogP contribution in [0.1, 0.15) is 34.4 Å². The number of hydrogen-bond donors (Lipinski definition) is 1. The molecule has 1 aromatic heterocycles. The van der Waals surface area contributed by atoms with E-state index in [0.717, 1.165) is 48.8 Å². The van der Waals surface area contributed by atoms with E-state index in [2.05, 4.69) is 40.8 Å². The lowest BCUT2D eigenvalue weighted by molar-refractivity contribution is 0.104. The molecule has 2 heterocycles. The summed E-state index contributed by atoms with van der Waals surface area (Å²) >= 11 is 0. The van der Waals surface area contributed by atoms with E-state index in [-0.39, 0.29) is 0 Å². The maximum Gasteiger partial charge on any atom is 0.118 e. The number of rotatable bonds is 6. The second-order valence-electron chi connectivity index (χ2n) is 7.42. The predicted molar refractivity (Wildman–Crippen MR) is 109 cm³/mol. The van der Waals surface area contributed by atoms with Crippen molar-refractivity contribution in [3.8, 4) is 5.75 Å². The highest BCUT2D eigenvalue weighted by Gasteiger charge is 2.24. The van der Waals surface area contributed by atoms with Gasteiger partial charge in [-0.2, -0.15) is 0 Å². The van der Waals surface area contributed by atoms with Crippen LogP contribution in [0.5, 0.6) is 5.75 Å². The van der Waals surface area contributed by atoms with Gasteiger partial charge in [-0.1, -0.05) is 42.5 Å². The minimum absolute atomic E-state index is 0.514. The molecule has 0 radical (unpaired) electrons. The number of nitrogens with zero attached hydrogens (tertiary/aromatic N) is 3. The summed E-state index contributed by atoms with van der Waals surface area (Å²) < 4.78 is 7.44. The smallest absolute Gasteiger partial charge is 0.118 e. The number of fused-ring (bicyclic) bond motifs is 1. The zero-order chi connectivity index (χ0) is 19.5. The highest BCUT2D eigenvalue weighted by atomic mass is 16.5. The third kappa shape index (κ3) is 3.96. The van der Waals surface area contributed by atoms with Gasteiger partial charge in [-0.05, 0) is 23.3 Å². The topological polar surface area (TPSA) is 50.5 Å². The van der Waals surface area contributed by atoms with Crippen LogP contribution in [-0.4, -0.2) is 39.8 Å². The average molecular weight is 377 g/mol. The SMILES string of the molecule is COc1ccc([C@H](O)CN2CCc3c(nc(Cc4ccccc4)n3C)C2)cc1. The van der Waals surface area contributed by atoms with Crippen LogP contribution in [-0.2, 0) is 26.4 Å². The van der Waals surface area contributed by atoms with Crippen LogP contribution in [0.2, 0.25) is 0 Å². The molecule has 4 rings (SSSR count). The fourth-order valence-corrected chi connectivity index (χ4v) is 3.91. The normalized spacial score (nSPS) is 15.2. The first-order chi connectivity index (χ1) is 13.6. The van der Waals surface area contributed by atoms with Crippen LogP contribution in [0.25, 0.3) is 0 Å². The van der Waals surface area contributed by atoms with Crippen LogP contribution in [0.15, 0.2) is 54.6 Å². The number of hydrogen-bond acceptors (Lipinski definition) is 4. The van der Waals surface area contributed by atoms with Crippen molar-refractivity contribution in [2.75, 3.05) is 20.2 Å². The molecule has 0 spiro atoms. The van der Waals surface area contributed by atoms with E-state index < -0.39 is 6.10 Å². The lowest BCUT2D eigenvalue weighted by Crippen LogP contribution is -2.34. The zero-order valence-corrected chi connectivity index (χ0v) is 16.5. The van der Waals surface area contributed by atoms with Gasteiger partial charge in [-0.15, -0.1) is 0 Å². The summed E-state index contributed by atoms with van der Waals surface area (Å²) in [5, 5.41) is 10.6. The Morgan fingerprint density at radius 1 is 1.11 bits per heavy atom. The molecule has 1 aliphatic rings. The zero-order valence-electron chi connectivity index (χ0n) is 16.5. The molecule has 1 N–H and O–H groups in total. The molecule has 146 valence electrons. The van der Waals surface area contributed by atoms with E-state index in [1.54, 1.807) is 7.11 Å². The number of β-amino-alcohol motifs (C(OH)–C–C–N with tert-alkyl or cyclic N) is 1. The summed E-state index contributed by atoms with van der Waals surface area (Å²) in [7, 11) is 3.77. The average Bonchev–Trinajstić information content (AvgIpc) is 3.03. The number of aliphatic hydroxyl groups is 1. The standard InChI is InChI=1S/C23H27N3O2/c1-25-21-12-13-26(16-22(27)18-8-10-19(28-2)11-9-18)15-20(21)24-23(25)14-17-6-4-3-5-7-17/h3-11,22,27H,12-16H2,1-2H3/t22-/m1/s1. The molecule has 5 heteroatoms. The second kappa shape index (κ2) is 8.17. The van der Waals surface area contributed by atoms with Gasteiger partial charge in [0.25, 0.3) is 0 Å². The summed E-state index contributed by atoms with van der Waals surface area (Å²) in [6.07, 6.45) is 1.29. The van der Waals surface area contributed by atoms with Crippen molar-refractivity contribution in [2.45, 2.75) is 25.5 Å². The van der Waals surface area contributed by atoms with Gasteiger partial charge in [0.05, 0.1) is 18.9 Å². The molecule has 0 unspecified atom stereocenters. The van der Waals surface area contributed by atoms with Crippen LogP contribution < -0.4 is 4.74 Å². The maximum absolute atomic E-state index is 10.6. The Morgan fingerprint density at radius 2 is 1.86 bits per heavy atom. The number of aliphatic hydroxyl groups excluding tert-OH is 1. The van der Waals surface area contributed by atoms with Crippen LogP contribution in [0, 0.1) is 0 Å². The van der Waals surface area contributed by atoms with E-state index in [0.29, 0.717) is 6.54 Å². The molecule has 1 aliphatic heterocycles. The first-order valence-corrected chi connectivity index (χ1v) is 9.75. The Labute approximate surface area is 166 Å². The van der Waals surface area contributed by atoms with Gasteiger partial charge in [-0.25, -0.2) is 4.98 Å². The van der Waals surface area contributed by atoms with Crippen molar-refractivity contribution in [3.63, 3.8) is 0 Å². The van der Waals surface area contributed by atoms with Gasteiger partial charge >= 0.3 is 0 Å². The molecule has 1 atom stereocenters. The van der Waals surface area contributed by atoms with Gasteiger partial charge in [-0.3, -0.25) is 4.90 Å². The molecule has 0 saturated heterocycles. The molecule has 2 aromatic carbocycles. The van der Waals surface area contributed by atoms with E-state index in [9.17, 15) is 5.11 Å². The Bertz CT molecular complexity index is 919. The lowest BCUT2D eigenvalue weighted by Gasteiger charge is -2.28. The Kier molecular flexibility index (Phi) is 5.46. The molecule has 0 amide bonds. The maximum atomic E-state index is 10.6. The Balaban J connectivity index is 1.43. The summed E-state index contributed by atoms with van der Waals surface area (Å²) in [4.78, 5) is 7.21. The van der Waals surface area contributed by atoms with E-state index >= 15 is 0 Å². The molecule has 0 aliphatic carbocycles. The summed E-state index contributed by atoms with van der Waals surface area (Å²) in [5.41, 5.74) is 4.65. The van der Waals surface area contributed by atoms with Crippen molar-refractivity contribution < 1.29 is 9.84 Å². The van der Waals surface area contributed by atoms with Crippen molar-refractivity contribution in [2.24, 2.45) is 7.05 Å². The summed E-state index contributed by atoms with van der Waals surface area (Å²) in [5.74, 6) is 1.91. The monoisotopic (exact) mass is 377 g/mol. The van der Waals surface area contributed by atoms with Gasteiger partial charge in [0, 0.05) is 45.2 Å². The summed E-state index contributed by atoms with van der Waals surface area (Å²) in [6.45, 7) is 2.33. The van der Waals surface area contributed by atoms with Gasteiger partial charge in [0.2, 0.25) is 0 Å². The third-order valence-corrected chi connectivity index (χ3v) is 5.56. The molecule has 0 bridgehead atoms. The number of imidazole rings is 1. The van der Waals surface area contributed by atoms with Crippen molar-refractivity contribution in [3.05, 3.63) is 82.9 Å². The highest BCUT2D eigenvalue weighted by Crippen LogP contribution is 2.24. The van der Waals surface area contributed by atoms with E-state index in [4.69, 9.17) is 9.72 Å². The number of benzene rings is 2. The van der Waals surface area contributed by atoms with Crippen LogP contribution in [0.4, 0.5) is 0 Å². The van der Waals surface area contributed by atoms with E-state index in [1.807, 2.05) is 30.3 Å². The highest BCUT2D eigenvalue weighted by molar-refractivity contribution is 5.29. The Morgan fingerprint density at radius 3 is 2.57 bits per heavy atom. The molecule has 28 heavy (non-hydrogen) atoms. The molecule has 3 aromatic rings. The van der Waals surface area contributed by atoms with Gasteiger partial charge in [0.1, 0.15) is 11.6 Å². The van der Waals surface area contributed by atoms with Crippen molar-refractivity contribution in [1.29, 1.82) is 0 Å².